The summed E-state index contributed by atoms with van der Waals surface area (Å²) in [4.78, 5) is 2.01. The third-order valence-electron chi connectivity index (χ3n) is 4.47. The minimum absolute atomic E-state index is 0.0404. The van der Waals surface area contributed by atoms with Crippen LogP contribution >= 0.6 is 0 Å². The summed E-state index contributed by atoms with van der Waals surface area (Å²) in [6, 6.07) is 0. The van der Waals surface area contributed by atoms with Crippen LogP contribution in [0.25, 0.3) is 0 Å². The molecule has 1 atom stereocenters. The van der Waals surface area contributed by atoms with Crippen LogP contribution in [0.4, 0.5) is 13.2 Å². The smallest absolute Gasteiger partial charge is 0.410 e. The van der Waals surface area contributed by atoms with Crippen LogP contribution in [0.15, 0.2) is 0 Å². The van der Waals surface area contributed by atoms with Crippen molar-refractivity contribution >= 4 is 0 Å². The lowest BCUT2D eigenvalue weighted by Gasteiger charge is -2.35. The van der Waals surface area contributed by atoms with Gasteiger partial charge in [-0.05, 0) is 26.0 Å². The molecule has 1 aromatic carbocycles. The molecule has 0 saturated carbocycles. The molecule has 23 heavy (non-hydrogen) atoms. The Labute approximate surface area is 132 Å². The predicted octanol–water partition coefficient (Wildman–Crippen LogP) is 2.15. The van der Waals surface area contributed by atoms with Crippen molar-refractivity contribution in [3.05, 3.63) is 16.7 Å². The topological polar surface area (TPSA) is 57.0 Å². The van der Waals surface area contributed by atoms with E-state index in [1.807, 2.05) is 11.9 Å². The minimum Gasteiger partial charge on any atom is -0.492 e. The van der Waals surface area contributed by atoms with Crippen molar-refractivity contribution in [3.63, 3.8) is 0 Å². The van der Waals surface area contributed by atoms with Crippen LogP contribution < -0.4 is 19.9 Å². The maximum atomic E-state index is 13.6. The normalized spacial score (nSPS) is 20.1. The molecule has 0 aliphatic carbocycles. The summed E-state index contributed by atoms with van der Waals surface area (Å²) in [5.74, 6) is 0.686. The fraction of sp³-hybridized carbons (Fsp3) is 0.600. The van der Waals surface area contributed by atoms with Gasteiger partial charge in [-0.1, -0.05) is 0 Å². The number of nitrogens with zero attached hydrogens (tertiary/aromatic N) is 1. The number of hydrogen-bond acceptors (Lipinski definition) is 5. The first-order valence-corrected chi connectivity index (χ1v) is 7.24. The molecule has 3 rings (SSSR count). The Morgan fingerprint density at radius 2 is 1.83 bits per heavy atom. The van der Waals surface area contributed by atoms with Crippen molar-refractivity contribution in [1.82, 2.24) is 4.90 Å². The summed E-state index contributed by atoms with van der Waals surface area (Å²) in [7, 11) is 3.37. The lowest BCUT2D eigenvalue weighted by atomic mass is 9.82. The Morgan fingerprint density at radius 3 is 2.43 bits per heavy atom. The van der Waals surface area contributed by atoms with E-state index in [9.17, 15) is 13.2 Å². The van der Waals surface area contributed by atoms with Crippen LogP contribution in [-0.4, -0.2) is 38.6 Å². The Hall–Kier alpha value is -1.67. The molecule has 0 fully saturated rings. The van der Waals surface area contributed by atoms with E-state index in [2.05, 4.69) is 0 Å². The third-order valence-corrected chi connectivity index (χ3v) is 4.47. The van der Waals surface area contributed by atoms with Crippen molar-refractivity contribution in [3.8, 4) is 17.2 Å². The van der Waals surface area contributed by atoms with Gasteiger partial charge >= 0.3 is 6.18 Å². The Morgan fingerprint density at radius 1 is 1.17 bits per heavy atom. The molecule has 8 heteroatoms. The van der Waals surface area contributed by atoms with Crippen molar-refractivity contribution in [2.45, 2.75) is 31.6 Å². The number of nitrogens with two attached hydrogens (primary N) is 1. The number of hydrogen-bond donors (Lipinski definition) is 1. The molecular weight excluding hydrogens is 313 g/mol. The summed E-state index contributed by atoms with van der Waals surface area (Å²) in [6.45, 7) is 1.92. The highest BCUT2D eigenvalue weighted by Crippen LogP contribution is 2.54. The summed E-state index contributed by atoms with van der Waals surface area (Å²) >= 11 is 0. The second-order valence-electron chi connectivity index (χ2n) is 6.12. The fourth-order valence-corrected chi connectivity index (χ4v) is 3.20. The fourth-order valence-electron chi connectivity index (χ4n) is 3.20. The number of rotatable bonds is 2. The highest BCUT2D eigenvalue weighted by molar-refractivity contribution is 5.67. The number of methoxy groups -OCH3 is 1. The third kappa shape index (κ3) is 2.31. The van der Waals surface area contributed by atoms with E-state index in [0.29, 0.717) is 36.4 Å². The summed E-state index contributed by atoms with van der Waals surface area (Å²) in [5, 5.41) is 0. The first kappa shape index (κ1) is 16.2. The molecule has 2 aliphatic rings. The van der Waals surface area contributed by atoms with E-state index < -0.39 is 11.7 Å². The molecule has 2 heterocycles. The Kier molecular flexibility index (Phi) is 3.64. The molecule has 2 aliphatic heterocycles. The lowest BCUT2D eigenvalue weighted by molar-refractivity contribution is -0.184. The molecular formula is C15H19F3N2O3. The zero-order valence-corrected chi connectivity index (χ0v) is 13.2. The number of halogens is 3. The van der Waals surface area contributed by atoms with E-state index >= 15 is 0 Å². The monoisotopic (exact) mass is 332 g/mol. The van der Waals surface area contributed by atoms with E-state index in [1.54, 1.807) is 0 Å². The number of ether oxygens (including phenoxy) is 3. The second kappa shape index (κ2) is 5.17. The van der Waals surface area contributed by atoms with E-state index in [0.717, 1.165) is 6.92 Å². The highest BCUT2D eigenvalue weighted by Gasteiger charge is 2.54. The molecule has 1 aromatic rings. The van der Waals surface area contributed by atoms with Crippen molar-refractivity contribution in [1.29, 1.82) is 0 Å². The van der Waals surface area contributed by atoms with Crippen LogP contribution in [0.5, 0.6) is 17.2 Å². The van der Waals surface area contributed by atoms with Gasteiger partial charge < -0.3 is 24.8 Å². The van der Waals surface area contributed by atoms with Crippen LogP contribution in [0, 0.1) is 0 Å². The minimum atomic E-state index is -4.61. The zero-order chi connectivity index (χ0) is 17.0. The largest absolute Gasteiger partial charge is 0.492 e. The molecule has 0 saturated heterocycles. The number of benzene rings is 1. The van der Waals surface area contributed by atoms with E-state index in [4.69, 9.17) is 19.9 Å². The van der Waals surface area contributed by atoms with E-state index in [-0.39, 0.29) is 23.9 Å². The number of alkyl halides is 3. The van der Waals surface area contributed by atoms with Gasteiger partial charge in [0.25, 0.3) is 0 Å². The summed E-state index contributed by atoms with van der Waals surface area (Å²) in [5.41, 5.74) is 4.38. The predicted molar refractivity (Wildman–Crippen MR) is 76.7 cm³/mol. The van der Waals surface area contributed by atoms with Crippen LogP contribution in [0.1, 0.15) is 23.6 Å². The molecule has 0 unspecified atom stereocenters. The maximum absolute atomic E-state index is 13.6. The molecule has 0 radical (unpaired) electrons. The van der Waals surface area contributed by atoms with Crippen LogP contribution in [0.2, 0.25) is 0 Å². The lowest BCUT2D eigenvalue weighted by Crippen LogP contribution is -2.49. The molecule has 0 amide bonds. The number of likely N-dealkylation sites (N-methyl/N-ethyl adjacent to an activating group) is 1. The van der Waals surface area contributed by atoms with Gasteiger partial charge in [-0.25, -0.2) is 0 Å². The van der Waals surface area contributed by atoms with Crippen LogP contribution in [-0.2, 0) is 18.5 Å². The van der Waals surface area contributed by atoms with Gasteiger partial charge in [0.05, 0.1) is 7.11 Å². The molecule has 0 spiro atoms. The molecule has 5 nitrogen and oxygen atoms in total. The SMILES string of the molecule is COc1c2c(c([C@@](C)(N)C(F)(F)F)c3c1OCO3)CCN(C)C2. The van der Waals surface area contributed by atoms with Gasteiger partial charge in [0, 0.05) is 24.2 Å². The average Bonchev–Trinajstić information content (AvgIpc) is 2.91. The first-order chi connectivity index (χ1) is 10.7. The van der Waals surface area contributed by atoms with Gasteiger partial charge in [0.15, 0.2) is 11.5 Å². The molecule has 0 aromatic heterocycles. The van der Waals surface area contributed by atoms with Crippen molar-refractivity contribution in [2.75, 3.05) is 27.5 Å². The Bertz CT molecular complexity index is 644. The first-order valence-electron chi connectivity index (χ1n) is 7.24. The van der Waals surface area contributed by atoms with Gasteiger partial charge in [-0.2, -0.15) is 13.2 Å². The van der Waals surface area contributed by atoms with Gasteiger partial charge in [0.1, 0.15) is 5.54 Å². The molecule has 0 bridgehead atoms. The van der Waals surface area contributed by atoms with Crippen molar-refractivity contribution < 1.29 is 27.4 Å². The number of fused-ring (bicyclic) bond motifs is 2. The van der Waals surface area contributed by atoms with Gasteiger partial charge in [-0.3, -0.25) is 0 Å². The van der Waals surface area contributed by atoms with Crippen LogP contribution in [0.3, 0.4) is 0 Å². The summed E-state index contributed by atoms with van der Waals surface area (Å²) in [6.07, 6.45) is -4.17. The quantitative estimate of drug-likeness (QED) is 0.899. The maximum Gasteiger partial charge on any atom is 0.410 e. The average molecular weight is 332 g/mol. The van der Waals surface area contributed by atoms with E-state index in [1.165, 1.54) is 7.11 Å². The van der Waals surface area contributed by atoms with Gasteiger partial charge in [0.2, 0.25) is 12.5 Å². The molecule has 128 valence electrons. The van der Waals surface area contributed by atoms with Gasteiger partial charge in [-0.15, -0.1) is 0 Å². The molecule has 2 N–H and O–H groups in total. The Balaban J connectivity index is 2.33. The standard InChI is InChI=1S/C15H19F3N2O3/c1-14(19,15(16,17)18)10-8-4-5-20(2)6-9(8)11(21-3)13-12(10)22-7-23-13/h4-7,19H2,1-3H3/t14-/m1/s1. The summed E-state index contributed by atoms with van der Waals surface area (Å²) < 4.78 is 56.8. The van der Waals surface area contributed by atoms with Crippen molar-refractivity contribution in [2.24, 2.45) is 5.73 Å². The second-order valence-corrected chi connectivity index (χ2v) is 6.12. The highest BCUT2D eigenvalue weighted by atomic mass is 19.4. The zero-order valence-electron chi connectivity index (χ0n) is 13.2.